The van der Waals surface area contributed by atoms with E-state index in [4.69, 9.17) is 10.8 Å². The Bertz CT molecular complexity index is 248. The number of amides is 1. The van der Waals surface area contributed by atoms with Gasteiger partial charge in [0, 0.05) is 7.05 Å². The predicted octanol–water partition coefficient (Wildman–Crippen LogP) is -2.27. The smallest absolute Gasteiger partial charge is 0.232 e. The summed E-state index contributed by atoms with van der Waals surface area (Å²) < 4.78 is 22.9. The minimum absolute atomic E-state index is 0.359. The van der Waals surface area contributed by atoms with E-state index in [2.05, 4.69) is 0 Å². The Hall–Kier alpha value is -0.660. The number of primary amides is 1. The number of aliphatic hydroxyl groups is 1. The van der Waals surface area contributed by atoms with Crippen molar-refractivity contribution in [2.24, 2.45) is 5.73 Å². The molecular weight excluding hydrogens is 184 g/mol. The van der Waals surface area contributed by atoms with E-state index >= 15 is 0 Å². The number of aliphatic hydroxyl groups excluding tert-OH is 1. The molecule has 12 heavy (non-hydrogen) atoms. The van der Waals surface area contributed by atoms with E-state index in [1.165, 1.54) is 7.05 Å². The summed E-state index contributed by atoms with van der Waals surface area (Å²) in [4.78, 5) is 10.3. The van der Waals surface area contributed by atoms with Crippen LogP contribution in [0.15, 0.2) is 0 Å². The molecule has 0 aromatic heterocycles. The summed E-state index contributed by atoms with van der Waals surface area (Å²) in [5.74, 6) is -1.12. The standard InChI is InChI=1S/C5H12N2O4S/c1-7(4-5(6)9)12(10,11)3-2-8/h8H,2-4H2,1H3,(H2,6,9). The van der Waals surface area contributed by atoms with Crippen molar-refractivity contribution in [3.8, 4) is 0 Å². The molecule has 0 rings (SSSR count). The van der Waals surface area contributed by atoms with Gasteiger partial charge in [-0.3, -0.25) is 4.79 Å². The molecule has 0 radical (unpaired) electrons. The number of sulfonamides is 1. The SMILES string of the molecule is CN(CC(N)=O)S(=O)(=O)CCO. The van der Waals surface area contributed by atoms with E-state index in [-0.39, 0.29) is 6.54 Å². The first-order valence-corrected chi connectivity index (χ1v) is 4.84. The predicted molar refractivity (Wildman–Crippen MR) is 42.7 cm³/mol. The highest BCUT2D eigenvalue weighted by molar-refractivity contribution is 7.89. The van der Waals surface area contributed by atoms with Gasteiger partial charge in [0.15, 0.2) is 0 Å². The second kappa shape index (κ2) is 4.39. The quantitative estimate of drug-likeness (QED) is 0.517. The minimum atomic E-state index is -3.52. The molecule has 7 heteroatoms. The molecule has 0 aliphatic carbocycles. The van der Waals surface area contributed by atoms with Gasteiger partial charge in [0.2, 0.25) is 15.9 Å². The molecule has 0 aliphatic rings. The Labute approximate surface area is 71.0 Å². The van der Waals surface area contributed by atoms with Crippen molar-refractivity contribution in [2.75, 3.05) is 26.0 Å². The number of hydrogen-bond donors (Lipinski definition) is 2. The summed E-state index contributed by atoms with van der Waals surface area (Å²) in [5.41, 5.74) is 4.78. The second-order valence-corrected chi connectivity index (χ2v) is 4.46. The number of rotatable bonds is 5. The Balaban J connectivity index is 4.26. The van der Waals surface area contributed by atoms with Crippen LogP contribution < -0.4 is 5.73 Å². The molecular formula is C5H12N2O4S. The zero-order chi connectivity index (χ0) is 9.78. The van der Waals surface area contributed by atoms with E-state index in [0.717, 1.165) is 4.31 Å². The van der Waals surface area contributed by atoms with Gasteiger partial charge in [0.05, 0.1) is 18.9 Å². The highest BCUT2D eigenvalue weighted by Crippen LogP contribution is 1.95. The maximum absolute atomic E-state index is 11.0. The molecule has 0 unspecified atom stereocenters. The van der Waals surface area contributed by atoms with Gasteiger partial charge in [-0.05, 0) is 0 Å². The van der Waals surface area contributed by atoms with E-state index in [0.29, 0.717) is 0 Å². The van der Waals surface area contributed by atoms with Gasteiger partial charge in [-0.1, -0.05) is 0 Å². The van der Waals surface area contributed by atoms with E-state index in [9.17, 15) is 13.2 Å². The number of carbonyl (C=O) groups is 1. The lowest BCUT2D eigenvalue weighted by molar-refractivity contribution is -0.118. The topological polar surface area (TPSA) is 101 Å². The van der Waals surface area contributed by atoms with Crippen molar-refractivity contribution in [1.29, 1.82) is 0 Å². The van der Waals surface area contributed by atoms with Crippen LogP contribution in [0.4, 0.5) is 0 Å². The van der Waals surface area contributed by atoms with Crippen LogP contribution in [0.25, 0.3) is 0 Å². The molecule has 0 atom stereocenters. The van der Waals surface area contributed by atoms with Crippen LogP contribution in [0.1, 0.15) is 0 Å². The largest absolute Gasteiger partial charge is 0.395 e. The molecule has 0 heterocycles. The maximum Gasteiger partial charge on any atom is 0.232 e. The lowest BCUT2D eigenvalue weighted by Gasteiger charge is -2.13. The summed E-state index contributed by atoms with van der Waals surface area (Å²) in [6, 6.07) is 0. The van der Waals surface area contributed by atoms with Gasteiger partial charge in [0.1, 0.15) is 0 Å². The fraction of sp³-hybridized carbons (Fsp3) is 0.800. The zero-order valence-corrected chi connectivity index (χ0v) is 7.54. The molecule has 72 valence electrons. The fourth-order valence-electron chi connectivity index (χ4n) is 0.589. The van der Waals surface area contributed by atoms with Crippen LogP contribution in [-0.2, 0) is 14.8 Å². The van der Waals surface area contributed by atoms with Crippen molar-refractivity contribution in [3.63, 3.8) is 0 Å². The summed E-state index contributed by atoms with van der Waals surface area (Å²) in [6.07, 6.45) is 0. The molecule has 0 spiro atoms. The Morgan fingerprint density at radius 1 is 1.58 bits per heavy atom. The number of carbonyl (C=O) groups excluding carboxylic acids is 1. The van der Waals surface area contributed by atoms with Crippen LogP contribution in [0.3, 0.4) is 0 Å². The average Bonchev–Trinajstić information content (AvgIpc) is 1.85. The summed E-state index contributed by atoms with van der Waals surface area (Å²) in [6.45, 7) is -0.826. The van der Waals surface area contributed by atoms with Crippen molar-refractivity contribution < 1.29 is 18.3 Å². The van der Waals surface area contributed by atoms with Crippen molar-refractivity contribution in [2.45, 2.75) is 0 Å². The third-order valence-corrected chi connectivity index (χ3v) is 2.98. The van der Waals surface area contributed by atoms with Gasteiger partial charge < -0.3 is 10.8 Å². The van der Waals surface area contributed by atoms with Gasteiger partial charge in [0.25, 0.3) is 0 Å². The lowest BCUT2D eigenvalue weighted by Crippen LogP contribution is -2.37. The van der Waals surface area contributed by atoms with E-state index in [1.54, 1.807) is 0 Å². The molecule has 0 saturated carbocycles. The molecule has 0 aliphatic heterocycles. The van der Waals surface area contributed by atoms with Crippen LogP contribution >= 0.6 is 0 Å². The Morgan fingerprint density at radius 3 is 2.42 bits per heavy atom. The van der Waals surface area contributed by atoms with Crippen LogP contribution in [-0.4, -0.2) is 49.7 Å². The molecule has 0 fully saturated rings. The third-order valence-electron chi connectivity index (χ3n) is 1.20. The van der Waals surface area contributed by atoms with Gasteiger partial charge in [-0.15, -0.1) is 0 Å². The molecule has 1 amide bonds. The number of hydrogen-bond acceptors (Lipinski definition) is 4. The monoisotopic (exact) mass is 196 g/mol. The minimum Gasteiger partial charge on any atom is -0.395 e. The number of nitrogens with zero attached hydrogens (tertiary/aromatic N) is 1. The van der Waals surface area contributed by atoms with Crippen LogP contribution in [0.2, 0.25) is 0 Å². The van der Waals surface area contributed by atoms with Crippen molar-refractivity contribution in [3.05, 3.63) is 0 Å². The molecule has 0 saturated heterocycles. The van der Waals surface area contributed by atoms with Crippen molar-refractivity contribution in [1.82, 2.24) is 4.31 Å². The summed E-state index contributed by atoms with van der Waals surface area (Å²) >= 11 is 0. The molecule has 0 aromatic rings. The molecule has 0 aromatic carbocycles. The Morgan fingerprint density at radius 2 is 2.08 bits per heavy atom. The first-order valence-electron chi connectivity index (χ1n) is 3.23. The first-order chi connectivity index (χ1) is 5.40. The Kier molecular flexibility index (Phi) is 4.15. The molecule has 0 bridgehead atoms. The zero-order valence-electron chi connectivity index (χ0n) is 6.73. The van der Waals surface area contributed by atoms with Gasteiger partial charge in [-0.25, -0.2) is 8.42 Å². The lowest BCUT2D eigenvalue weighted by atomic mass is 10.6. The van der Waals surface area contributed by atoms with E-state index in [1.807, 2.05) is 0 Å². The third kappa shape index (κ3) is 3.65. The first kappa shape index (κ1) is 11.3. The van der Waals surface area contributed by atoms with Crippen molar-refractivity contribution >= 4 is 15.9 Å². The maximum atomic E-state index is 11.0. The van der Waals surface area contributed by atoms with E-state index < -0.39 is 28.3 Å². The number of likely N-dealkylation sites (N-methyl/N-ethyl adjacent to an activating group) is 1. The highest BCUT2D eigenvalue weighted by atomic mass is 32.2. The second-order valence-electron chi connectivity index (χ2n) is 2.26. The fourth-order valence-corrected chi connectivity index (χ4v) is 1.46. The van der Waals surface area contributed by atoms with Crippen LogP contribution in [0.5, 0.6) is 0 Å². The summed E-state index contributed by atoms with van der Waals surface area (Å²) in [7, 11) is -2.29. The molecule has 3 N–H and O–H groups in total. The molecule has 6 nitrogen and oxygen atoms in total. The van der Waals surface area contributed by atoms with Gasteiger partial charge in [-0.2, -0.15) is 4.31 Å². The summed E-state index contributed by atoms with van der Waals surface area (Å²) in [5, 5.41) is 8.36. The highest BCUT2D eigenvalue weighted by Gasteiger charge is 2.18. The number of nitrogens with two attached hydrogens (primary N) is 1. The van der Waals surface area contributed by atoms with Crippen LogP contribution in [0, 0.1) is 0 Å². The normalized spacial score (nSPS) is 11.9. The average molecular weight is 196 g/mol. The van der Waals surface area contributed by atoms with Gasteiger partial charge >= 0.3 is 0 Å².